The maximum Gasteiger partial charge on any atom is 0.317 e. The zero-order valence-corrected chi connectivity index (χ0v) is 12.5. The molecule has 2 amide bonds. The molecule has 0 saturated carbocycles. The van der Waals surface area contributed by atoms with Gasteiger partial charge in [-0.25, -0.2) is 4.79 Å². The molecule has 0 unspecified atom stereocenters. The van der Waals surface area contributed by atoms with E-state index in [2.05, 4.69) is 23.5 Å². The van der Waals surface area contributed by atoms with E-state index in [1.807, 2.05) is 4.90 Å². The smallest absolute Gasteiger partial charge is 0.317 e. The van der Waals surface area contributed by atoms with E-state index in [9.17, 15) is 10.0 Å². The number of carbonyl (C=O) groups is 1. The predicted molar refractivity (Wildman–Crippen MR) is 80.3 cm³/mol. The predicted octanol–water partition coefficient (Wildman–Crippen LogP) is 1.95. The van der Waals surface area contributed by atoms with Crippen LogP contribution in [-0.2, 0) is 13.0 Å². The summed E-state index contributed by atoms with van der Waals surface area (Å²) < 4.78 is 0. The van der Waals surface area contributed by atoms with Gasteiger partial charge in [-0.2, -0.15) is 5.06 Å². The highest BCUT2D eigenvalue weighted by Gasteiger charge is 2.23. The number of carbonyl (C=O) groups excluding carboxylic acids is 1. The van der Waals surface area contributed by atoms with Gasteiger partial charge < -0.3 is 15.4 Å². The molecule has 0 radical (unpaired) electrons. The summed E-state index contributed by atoms with van der Waals surface area (Å²) in [5, 5.41) is 13.6. The number of hydrogen-bond donors (Lipinski definition) is 2. The Balaban J connectivity index is 1.73. The molecule has 1 fully saturated rings. The second-order valence-electron chi connectivity index (χ2n) is 5.98. The molecule has 114 valence electrons. The summed E-state index contributed by atoms with van der Waals surface area (Å²) in [5.74, 6) is 0.552. The number of nitrogens with zero attached hydrogens (tertiary/aromatic N) is 2. The van der Waals surface area contributed by atoms with Crippen molar-refractivity contribution in [3.05, 3.63) is 34.9 Å². The van der Waals surface area contributed by atoms with Gasteiger partial charge >= 0.3 is 6.03 Å². The minimum Gasteiger partial charge on any atom is -0.341 e. The minimum absolute atomic E-state index is 0.0000410. The van der Waals surface area contributed by atoms with Gasteiger partial charge in [-0.3, -0.25) is 0 Å². The first-order valence-electron chi connectivity index (χ1n) is 7.69. The first-order chi connectivity index (χ1) is 10.2. The third-order valence-corrected chi connectivity index (χ3v) is 4.69. The molecule has 0 bridgehead atoms. The van der Waals surface area contributed by atoms with E-state index in [1.165, 1.54) is 21.8 Å². The third kappa shape index (κ3) is 3.04. The van der Waals surface area contributed by atoms with Crippen molar-refractivity contribution in [2.24, 2.45) is 0 Å². The molecule has 0 atom stereocenters. The molecule has 2 aliphatic heterocycles. The topological polar surface area (TPSA) is 55.8 Å². The van der Waals surface area contributed by atoms with E-state index in [1.54, 1.807) is 7.05 Å². The molecule has 5 nitrogen and oxygen atoms in total. The Kier molecular flexibility index (Phi) is 4.12. The second-order valence-corrected chi connectivity index (χ2v) is 5.98. The molecule has 2 aliphatic rings. The highest BCUT2D eigenvalue weighted by molar-refractivity contribution is 5.74. The van der Waals surface area contributed by atoms with Crippen molar-refractivity contribution in [3.8, 4) is 0 Å². The number of rotatable bonds is 1. The molecule has 0 aliphatic carbocycles. The van der Waals surface area contributed by atoms with Crippen LogP contribution >= 0.6 is 0 Å². The average Bonchev–Trinajstić information content (AvgIpc) is 2.54. The third-order valence-electron chi connectivity index (χ3n) is 4.69. The van der Waals surface area contributed by atoms with Crippen LogP contribution in [0.25, 0.3) is 0 Å². The van der Waals surface area contributed by atoms with E-state index in [0.29, 0.717) is 12.5 Å². The fraction of sp³-hybridized carbons (Fsp3) is 0.562. The minimum atomic E-state index is 0.0000410. The van der Waals surface area contributed by atoms with E-state index in [0.717, 1.165) is 38.9 Å². The first-order valence-corrected chi connectivity index (χ1v) is 7.69. The van der Waals surface area contributed by atoms with Crippen LogP contribution in [0.2, 0.25) is 0 Å². The van der Waals surface area contributed by atoms with E-state index < -0.39 is 0 Å². The first kappa shape index (κ1) is 14.4. The highest BCUT2D eigenvalue weighted by atomic mass is 16.5. The molecule has 1 aromatic carbocycles. The Bertz CT molecular complexity index is 524. The summed E-state index contributed by atoms with van der Waals surface area (Å²) in [5.41, 5.74) is 4.02. The fourth-order valence-corrected chi connectivity index (χ4v) is 3.36. The standard InChI is InChI=1S/C16H23N3O2/c1-17-16(20)18-7-4-14-10-13(2-3-15(14)11-18)12-5-8-19(21)9-6-12/h2-3,10,12,21H,4-9,11H2,1H3,(H,17,20). The summed E-state index contributed by atoms with van der Waals surface area (Å²) in [6, 6.07) is 6.68. The van der Waals surface area contributed by atoms with E-state index in [4.69, 9.17) is 0 Å². The number of hydrogen-bond acceptors (Lipinski definition) is 3. The number of piperidine rings is 1. The van der Waals surface area contributed by atoms with Gasteiger partial charge in [0.05, 0.1) is 0 Å². The van der Waals surface area contributed by atoms with Crippen LogP contribution in [0.15, 0.2) is 18.2 Å². The summed E-state index contributed by atoms with van der Waals surface area (Å²) in [7, 11) is 1.68. The van der Waals surface area contributed by atoms with Crippen LogP contribution in [0, 0.1) is 0 Å². The molecule has 3 rings (SSSR count). The SMILES string of the molecule is CNC(=O)N1CCc2cc(C3CCN(O)CC3)ccc2C1. The van der Waals surface area contributed by atoms with Crippen molar-refractivity contribution in [3.63, 3.8) is 0 Å². The molecule has 5 heteroatoms. The lowest BCUT2D eigenvalue weighted by molar-refractivity contribution is -0.106. The lowest BCUT2D eigenvalue weighted by atomic mass is 9.87. The molecular formula is C16H23N3O2. The van der Waals surface area contributed by atoms with Crippen LogP contribution in [0.3, 0.4) is 0 Å². The zero-order chi connectivity index (χ0) is 14.8. The summed E-state index contributed by atoms with van der Waals surface area (Å²) >= 11 is 0. The van der Waals surface area contributed by atoms with Crippen LogP contribution < -0.4 is 5.32 Å². The van der Waals surface area contributed by atoms with Gasteiger partial charge in [-0.15, -0.1) is 0 Å². The lowest BCUT2D eigenvalue weighted by Crippen LogP contribution is -2.41. The number of urea groups is 1. The fourth-order valence-electron chi connectivity index (χ4n) is 3.36. The molecule has 1 saturated heterocycles. The van der Waals surface area contributed by atoms with Gasteiger partial charge in [0.1, 0.15) is 0 Å². The van der Waals surface area contributed by atoms with E-state index >= 15 is 0 Å². The Labute approximate surface area is 125 Å². The number of benzene rings is 1. The van der Waals surface area contributed by atoms with Crippen molar-refractivity contribution in [2.75, 3.05) is 26.7 Å². The highest BCUT2D eigenvalue weighted by Crippen LogP contribution is 2.30. The maximum atomic E-state index is 11.7. The van der Waals surface area contributed by atoms with Crippen molar-refractivity contribution in [1.29, 1.82) is 0 Å². The van der Waals surface area contributed by atoms with Crippen molar-refractivity contribution in [1.82, 2.24) is 15.3 Å². The molecular weight excluding hydrogens is 266 g/mol. The van der Waals surface area contributed by atoms with Crippen LogP contribution in [-0.4, -0.2) is 47.9 Å². The summed E-state index contributed by atoms with van der Waals surface area (Å²) in [4.78, 5) is 13.6. The summed E-state index contributed by atoms with van der Waals surface area (Å²) in [6.45, 7) is 2.99. The van der Waals surface area contributed by atoms with Crippen LogP contribution in [0.1, 0.15) is 35.4 Å². The molecule has 21 heavy (non-hydrogen) atoms. The van der Waals surface area contributed by atoms with Crippen molar-refractivity contribution in [2.45, 2.75) is 31.7 Å². The normalized spacial score (nSPS) is 20.2. The van der Waals surface area contributed by atoms with Gasteiger partial charge in [0, 0.05) is 33.2 Å². The van der Waals surface area contributed by atoms with Gasteiger partial charge in [-0.1, -0.05) is 18.2 Å². The lowest BCUT2D eigenvalue weighted by Gasteiger charge is -2.31. The van der Waals surface area contributed by atoms with Gasteiger partial charge in [0.25, 0.3) is 0 Å². The van der Waals surface area contributed by atoms with Crippen molar-refractivity contribution < 1.29 is 10.0 Å². The van der Waals surface area contributed by atoms with Gasteiger partial charge in [0.2, 0.25) is 0 Å². The largest absolute Gasteiger partial charge is 0.341 e. The maximum absolute atomic E-state index is 11.7. The average molecular weight is 289 g/mol. The zero-order valence-electron chi connectivity index (χ0n) is 12.5. The number of amides is 2. The molecule has 2 N–H and O–H groups in total. The quantitative estimate of drug-likeness (QED) is 0.831. The van der Waals surface area contributed by atoms with Crippen molar-refractivity contribution >= 4 is 6.03 Å². The second kappa shape index (κ2) is 6.03. The number of nitrogens with one attached hydrogen (secondary N) is 1. The molecule has 2 heterocycles. The van der Waals surface area contributed by atoms with Crippen LogP contribution in [0.4, 0.5) is 4.79 Å². The van der Waals surface area contributed by atoms with Crippen LogP contribution in [0.5, 0.6) is 0 Å². The monoisotopic (exact) mass is 289 g/mol. The Morgan fingerprint density at radius 2 is 2.00 bits per heavy atom. The summed E-state index contributed by atoms with van der Waals surface area (Å²) in [6.07, 6.45) is 2.95. The van der Waals surface area contributed by atoms with Gasteiger partial charge in [-0.05, 0) is 41.9 Å². The Morgan fingerprint density at radius 1 is 1.24 bits per heavy atom. The van der Waals surface area contributed by atoms with E-state index in [-0.39, 0.29) is 6.03 Å². The molecule has 0 spiro atoms. The number of hydroxylamine groups is 2. The molecule has 0 aromatic heterocycles. The Hall–Kier alpha value is -1.59. The molecule has 1 aromatic rings. The Morgan fingerprint density at radius 3 is 2.71 bits per heavy atom. The van der Waals surface area contributed by atoms with Gasteiger partial charge in [0.15, 0.2) is 0 Å². The number of fused-ring (bicyclic) bond motifs is 1.